The van der Waals surface area contributed by atoms with Gasteiger partial charge in [0.15, 0.2) is 0 Å². The molecule has 0 heteroatoms. The normalized spacial score (nSPS) is 34.4. The molecule has 4 aliphatic carbocycles. The highest BCUT2D eigenvalue weighted by Gasteiger charge is 2.51. The maximum absolute atomic E-state index is 2.46. The molecule has 5 rings (SSSR count). The Hall–Kier alpha value is -0.780. The lowest BCUT2D eigenvalue weighted by atomic mass is 9.47. The van der Waals surface area contributed by atoms with Crippen molar-refractivity contribution in [3.8, 4) is 0 Å². The zero-order chi connectivity index (χ0) is 20.2. The Labute approximate surface area is 181 Å². The van der Waals surface area contributed by atoms with Gasteiger partial charge in [-0.1, -0.05) is 63.8 Å². The molecule has 0 heterocycles. The van der Waals surface area contributed by atoms with Crippen molar-refractivity contribution in [2.75, 3.05) is 0 Å². The molecule has 0 saturated heterocycles. The maximum Gasteiger partial charge on any atom is -0.0162 e. The zero-order valence-corrected chi connectivity index (χ0v) is 19.5. The van der Waals surface area contributed by atoms with Crippen LogP contribution in [0.4, 0.5) is 0 Å². The Morgan fingerprint density at radius 1 is 0.724 bits per heavy atom. The molecule has 4 saturated carbocycles. The topological polar surface area (TPSA) is 0 Å². The first-order valence-corrected chi connectivity index (χ1v) is 13.3. The monoisotopic (exact) mass is 394 g/mol. The summed E-state index contributed by atoms with van der Waals surface area (Å²) in [5.74, 6) is 1.87. The Morgan fingerprint density at radius 3 is 1.93 bits per heavy atom. The summed E-state index contributed by atoms with van der Waals surface area (Å²) in [6, 6.07) is 9.74. The second-order valence-corrected chi connectivity index (χ2v) is 11.2. The average molecular weight is 395 g/mol. The molecule has 162 valence electrons. The molecule has 0 aromatic heterocycles. The standard InChI is InChI=1S/C29H46/c1-3-5-7-17-28-18-21-29(22-19-28,23-20-28)27-15-13-26(14-16-27)25-11-9-24(10-12-25)8-6-4-2/h9-12,26-27H,3-8,13-23H2,1-2H3/t26-,27-,28?,29?. The highest BCUT2D eigenvalue weighted by Crippen LogP contribution is 2.63. The Balaban J connectivity index is 1.28. The first-order chi connectivity index (χ1) is 14.2. The fourth-order valence-electron chi connectivity index (χ4n) is 7.41. The van der Waals surface area contributed by atoms with Crippen molar-refractivity contribution in [3.63, 3.8) is 0 Å². The molecule has 0 aliphatic heterocycles. The summed E-state index contributed by atoms with van der Waals surface area (Å²) in [7, 11) is 0. The SMILES string of the molecule is CCCCCC12CCC([C@H]3CC[C@H](c4ccc(CCCC)cc4)CC3)(CC1)CC2. The second kappa shape index (κ2) is 9.57. The van der Waals surface area contributed by atoms with E-state index in [-0.39, 0.29) is 0 Å². The van der Waals surface area contributed by atoms with Gasteiger partial charge in [0.2, 0.25) is 0 Å². The summed E-state index contributed by atoms with van der Waals surface area (Å²) in [6.45, 7) is 4.64. The molecule has 0 nitrogen and oxygen atoms in total. The Kier molecular flexibility index (Phi) is 7.08. The molecule has 2 bridgehead atoms. The lowest BCUT2D eigenvalue weighted by Crippen LogP contribution is -2.46. The molecule has 4 aliphatic rings. The van der Waals surface area contributed by atoms with E-state index in [0.717, 1.165) is 22.7 Å². The van der Waals surface area contributed by atoms with Crippen molar-refractivity contribution in [2.45, 2.75) is 129 Å². The van der Waals surface area contributed by atoms with Crippen LogP contribution in [0, 0.1) is 16.7 Å². The predicted molar refractivity (Wildman–Crippen MR) is 126 cm³/mol. The Bertz CT molecular complexity index is 591. The number of unbranched alkanes of at least 4 members (excludes halogenated alkanes) is 3. The molecule has 29 heavy (non-hydrogen) atoms. The number of aryl methyl sites for hydroxylation is 1. The molecule has 0 amide bonds. The third-order valence-corrected chi connectivity index (χ3v) is 9.63. The van der Waals surface area contributed by atoms with Gasteiger partial charge in [0, 0.05) is 0 Å². The third kappa shape index (κ3) is 4.77. The number of rotatable bonds is 9. The highest BCUT2D eigenvalue weighted by atomic mass is 14.6. The molecule has 1 aromatic rings. The van der Waals surface area contributed by atoms with Crippen LogP contribution >= 0.6 is 0 Å². The van der Waals surface area contributed by atoms with Crippen molar-refractivity contribution in [1.82, 2.24) is 0 Å². The van der Waals surface area contributed by atoms with E-state index < -0.39 is 0 Å². The van der Waals surface area contributed by atoms with Gasteiger partial charge in [-0.3, -0.25) is 0 Å². The van der Waals surface area contributed by atoms with E-state index in [1.807, 2.05) is 0 Å². The largest absolute Gasteiger partial charge is 0.0654 e. The van der Waals surface area contributed by atoms with E-state index in [1.54, 1.807) is 44.1 Å². The number of benzene rings is 1. The predicted octanol–water partition coefficient (Wildman–Crippen LogP) is 9.22. The minimum Gasteiger partial charge on any atom is -0.0654 e. The summed E-state index contributed by atoms with van der Waals surface area (Å²) in [6.07, 6.45) is 25.1. The van der Waals surface area contributed by atoms with Gasteiger partial charge in [-0.15, -0.1) is 0 Å². The summed E-state index contributed by atoms with van der Waals surface area (Å²) in [5, 5.41) is 0. The minimum atomic E-state index is 0.751. The van der Waals surface area contributed by atoms with E-state index in [0.29, 0.717) is 0 Å². The van der Waals surface area contributed by atoms with Crippen LogP contribution in [0.5, 0.6) is 0 Å². The van der Waals surface area contributed by atoms with E-state index in [9.17, 15) is 0 Å². The van der Waals surface area contributed by atoms with E-state index in [4.69, 9.17) is 0 Å². The van der Waals surface area contributed by atoms with Gasteiger partial charge in [0.25, 0.3) is 0 Å². The molecule has 0 spiro atoms. The van der Waals surface area contributed by atoms with Gasteiger partial charge in [-0.05, 0) is 117 Å². The molecular weight excluding hydrogens is 348 g/mol. The van der Waals surface area contributed by atoms with Crippen LogP contribution in [0.1, 0.15) is 134 Å². The summed E-state index contributed by atoms with van der Waals surface area (Å²) >= 11 is 0. The second-order valence-electron chi connectivity index (χ2n) is 11.2. The van der Waals surface area contributed by atoms with E-state index >= 15 is 0 Å². The average Bonchev–Trinajstić information content (AvgIpc) is 2.79. The van der Waals surface area contributed by atoms with Gasteiger partial charge in [-0.25, -0.2) is 0 Å². The van der Waals surface area contributed by atoms with Gasteiger partial charge < -0.3 is 0 Å². The lowest BCUT2D eigenvalue weighted by Gasteiger charge is -2.58. The first kappa shape index (κ1) is 21.5. The molecule has 1 aromatic carbocycles. The number of hydrogen-bond donors (Lipinski definition) is 0. The number of hydrogen-bond acceptors (Lipinski definition) is 0. The lowest BCUT2D eigenvalue weighted by molar-refractivity contribution is -0.0630. The summed E-state index contributed by atoms with van der Waals surface area (Å²) in [4.78, 5) is 0. The van der Waals surface area contributed by atoms with Crippen LogP contribution in [-0.4, -0.2) is 0 Å². The molecule has 0 N–H and O–H groups in total. The van der Waals surface area contributed by atoms with Gasteiger partial charge in [0.05, 0.1) is 0 Å². The number of fused-ring (bicyclic) bond motifs is 3. The van der Waals surface area contributed by atoms with Crippen molar-refractivity contribution in [1.29, 1.82) is 0 Å². The van der Waals surface area contributed by atoms with Crippen molar-refractivity contribution in [3.05, 3.63) is 35.4 Å². The Morgan fingerprint density at radius 2 is 1.34 bits per heavy atom. The van der Waals surface area contributed by atoms with Crippen LogP contribution in [0.25, 0.3) is 0 Å². The van der Waals surface area contributed by atoms with E-state index in [1.165, 1.54) is 76.2 Å². The van der Waals surface area contributed by atoms with E-state index in [2.05, 4.69) is 38.1 Å². The molecule has 0 radical (unpaired) electrons. The molecule has 4 fully saturated rings. The van der Waals surface area contributed by atoms with Crippen LogP contribution in [0.2, 0.25) is 0 Å². The fraction of sp³-hybridized carbons (Fsp3) is 0.793. The first-order valence-electron chi connectivity index (χ1n) is 13.3. The summed E-state index contributed by atoms with van der Waals surface area (Å²) < 4.78 is 0. The van der Waals surface area contributed by atoms with Crippen molar-refractivity contribution in [2.24, 2.45) is 16.7 Å². The molecular formula is C29H46. The van der Waals surface area contributed by atoms with Crippen LogP contribution in [0.3, 0.4) is 0 Å². The van der Waals surface area contributed by atoms with Crippen LogP contribution < -0.4 is 0 Å². The maximum atomic E-state index is 2.46. The molecule has 0 atom stereocenters. The van der Waals surface area contributed by atoms with Gasteiger partial charge in [-0.2, -0.15) is 0 Å². The molecule has 0 unspecified atom stereocenters. The summed E-state index contributed by atoms with van der Waals surface area (Å²) in [5.41, 5.74) is 4.69. The van der Waals surface area contributed by atoms with Crippen molar-refractivity contribution < 1.29 is 0 Å². The highest BCUT2D eigenvalue weighted by molar-refractivity contribution is 5.26. The minimum absolute atomic E-state index is 0.751. The quantitative estimate of drug-likeness (QED) is 0.366. The zero-order valence-electron chi connectivity index (χ0n) is 19.5. The van der Waals surface area contributed by atoms with Crippen LogP contribution in [-0.2, 0) is 6.42 Å². The third-order valence-electron chi connectivity index (χ3n) is 9.63. The van der Waals surface area contributed by atoms with Gasteiger partial charge >= 0.3 is 0 Å². The van der Waals surface area contributed by atoms with Crippen molar-refractivity contribution >= 4 is 0 Å². The van der Waals surface area contributed by atoms with Crippen LogP contribution in [0.15, 0.2) is 24.3 Å². The smallest absolute Gasteiger partial charge is 0.0162 e. The van der Waals surface area contributed by atoms with Gasteiger partial charge in [0.1, 0.15) is 0 Å². The fourth-order valence-corrected chi connectivity index (χ4v) is 7.41.